The molecule has 0 saturated heterocycles. The van der Waals surface area contributed by atoms with Crippen LogP contribution >= 0.6 is 11.3 Å². The Morgan fingerprint density at radius 3 is 3.14 bits per heavy atom. The number of hydrogen-bond acceptors (Lipinski definition) is 3. The topological polar surface area (TPSA) is 50.2 Å². The van der Waals surface area contributed by atoms with E-state index in [0.29, 0.717) is 5.92 Å². The average Bonchev–Trinajstić information content (AvgIpc) is 2.77. The number of aromatic nitrogens is 1. The number of nitrogens with zero attached hydrogens (tertiary/aromatic N) is 1. The van der Waals surface area contributed by atoms with E-state index in [2.05, 4.69) is 4.98 Å². The molecule has 4 rings (SSSR count). The molecule has 1 aromatic rings. The highest BCUT2D eigenvalue weighted by atomic mass is 32.1. The molecule has 3 aliphatic carbocycles. The molecule has 0 amide bonds. The predicted octanol–water partition coefficient (Wildman–Crippen LogP) is 1.90. The first kappa shape index (κ1) is 8.41. The maximum absolute atomic E-state index is 11.1. The third-order valence-electron chi connectivity index (χ3n) is 3.86. The zero-order valence-corrected chi connectivity index (χ0v) is 8.46. The highest BCUT2D eigenvalue weighted by molar-refractivity contribution is 7.07. The Morgan fingerprint density at radius 2 is 2.57 bits per heavy atom. The van der Waals surface area contributed by atoms with Crippen molar-refractivity contribution in [2.45, 2.75) is 24.7 Å². The molecular weight excluding hydrogens is 198 g/mol. The van der Waals surface area contributed by atoms with Gasteiger partial charge in [0.15, 0.2) is 0 Å². The molecule has 3 aliphatic rings. The van der Waals surface area contributed by atoms with E-state index in [1.165, 1.54) is 0 Å². The normalized spacial score (nSPS) is 39.4. The quantitative estimate of drug-likeness (QED) is 0.809. The summed E-state index contributed by atoms with van der Waals surface area (Å²) in [6.07, 6.45) is 3.11. The Bertz CT molecular complexity index is 371. The highest BCUT2D eigenvalue weighted by Crippen LogP contribution is 2.63. The number of thiazole rings is 1. The zero-order chi connectivity index (χ0) is 9.76. The summed E-state index contributed by atoms with van der Waals surface area (Å²) < 4.78 is 0. The number of carbonyl (C=O) groups is 1. The maximum Gasteiger partial charge on any atom is 0.307 e. The lowest BCUT2D eigenvalue weighted by Crippen LogP contribution is -2.48. The second-order valence-corrected chi connectivity index (χ2v) is 5.07. The molecule has 0 spiro atoms. The Balaban J connectivity index is 2.01. The molecule has 0 radical (unpaired) electrons. The third kappa shape index (κ3) is 0.823. The number of aliphatic carboxylic acids is 1. The molecule has 2 bridgehead atoms. The van der Waals surface area contributed by atoms with E-state index in [-0.39, 0.29) is 11.3 Å². The number of rotatable bonds is 2. The second kappa shape index (κ2) is 2.57. The first-order valence-corrected chi connectivity index (χ1v) is 5.80. The van der Waals surface area contributed by atoms with Crippen molar-refractivity contribution < 1.29 is 9.90 Å². The minimum Gasteiger partial charge on any atom is -0.481 e. The number of carboxylic acids is 1. The van der Waals surface area contributed by atoms with E-state index < -0.39 is 5.97 Å². The van der Waals surface area contributed by atoms with E-state index in [1.54, 1.807) is 16.8 Å². The first-order valence-electron chi connectivity index (χ1n) is 4.85. The van der Waals surface area contributed by atoms with Crippen LogP contribution in [0.3, 0.4) is 0 Å². The Hall–Kier alpha value is -0.900. The Morgan fingerprint density at radius 1 is 1.71 bits per heavy atom. The van der Waals surface area contributed by atoms with E-state index in [0.717, 1.165) is 25.0 Å². The van der Waals surface area contributed by atoms with Gasteiger partial charge in [-0.1, -0.05) is 0 Å². The zero-order valence-electron chi connectivity index (χ0n) is 7.64. The van der Waals surface area contributed by atoms with Gasteiger partial charge in [0.2, 0.25) is 0 Å². The molecule has 3 fully saturated rings. The van der Waals surface area contributed by atoms with Gasteiger partial charge in [-0.25, -0.2) is 4.98 Å². The van der Waals surface area contributed by atoms with Gasteiger partial charge in [-0.15, -0.1) is 11.3 Å². The SMILES string of the molecule is O=C(O)[C@@H]1[C@@H]2CC[C@@]1(c1cscn1)C2. The third-order valence-corrected chi connectivity index (χ3v) is 4.45. The monoisotopic (exact) mass is 209 g/mol. The molecule has 3 atom stereocenters. The second-order valence-electron chi connectivity index (χ2n) is 4.35. The lowest BCUT2D eigenvalue weighted by Gasteiger charge is -2.43. The van der Waals surface area contributed by atoms with Crippen molar-refractivity contribution >= 4 is 17.3 Å². The highest BCUT2D eigenvalue weighted by Gasteiger charge is 2.63. The fourth-order valence-electron chi connectivity index (χ4n) is 3.26. The van der Waals surface area contributed by atoms with Crippen LogP contribution in [0.5, 0.6) is 0 Å². The minimum atomic E-state index is -0.633. The van der Waals surface area contributed by atoms with Crippen LogP contribution in [0.4, 0.5) is 0 Å². The van der Waals surface area contributed by atoms with Crippen molar-refractivity contribution in [2.75, 3.05) is 0 Å². The summed E-state index contributed by atoms with van der Waals surface area (Å²) in [4.78, 5) is 15.4. The van der Waals surface area contributed by atoms with E-state index in [4.69, 9.17) is 5.11 Å². The van der Waals surface area contributed by atoms with Crippen LogP contribution in [0.1, 0.15) is 25.0 Å². The Kier molecular flexibility index (Phi) is 1.54. The van der Waals surface area contributed by atoms with Crippen LogP contribution in [0.25, 0.3) is 0 Å². The lowest BCUT2D eigenvalue weighted by molar-refractivity contribution is -0.150. The van der Waals surface area contributed by atoms with Gasteiger partial charge in [-0.3, -0.25) is 4.79 Å². The molecule has 1 heterocycles. The van der Waals surface area contributed by atoms with Crippen LogP contribution in [0, 0.1) is 11.8 Å². The molecular formula is C10H11NO2S. The number of carboxylic acid groups (broad SMARTS) is 1. The van der Waals surface area contributed by atoms with Crippen LogP contribution < -0.4 is 0 Å². The van der Waals surface area contributed by atoms with Crippen molar-refractivity contribution in [3.05, 3.63) is 16.6 Å². The average molecular weight is 209 g/mol. The first-order chi connectivity index (χ1) is 6.74. The van der Waals surface area contributed by atoms with Crippen molar-refractivity contribution in [1.29, 1.82) is 0 Å². The Labute approximate surface area is 85.8 Å². The summed E-state index contributed by atoms with van der Waals surface area (Å²) in [5.74, 6) is -0.384. The van der Waals surface area contributed by atoms with Gasteiger partial charge in [0.1, 0.15) is 0 Å². The predicted molar refractivity (Wildman–Crippen MR) is 52.3 cm³/mol. The largest absolute Gasteiger partial charge is 0.481 e. The minimum absolute atomic E-state index is 0.101. The van der Waals surface area contributed by atoms with Crippen molar-refractivity contribution in [2.24, 2.45) is 11.8 Å². The van der Waals surface area contributed by atoms with Gasteiger partial charge >= 0.3 is 5.97 Å². The van der Waals surface area contributed by atoms with Gasteiger partial charge in [-0.2, -0.15) is 0 Å². The molecule has 74 valence electrons. The van der Waals surface area contributed by atoms with Crippen molar-refractivity contribution in [3.8, 4) is 0 Å². The molecule has 14 heavy (non-hydrogen) atoms. The van der Waals surface area contributed by atoms with Crippen molar-refractivity contribution in [3.63, 3.8) is 0 Å². The van der Waals surface area contributed by atoms with E-state index >= 15 is 0 Å². The molecule has 1 aromatic heterocycles. The summed E-state index contributed by atoms with van der Waals surface area (Å²) in [5.41, 5.74) is 2.72. The van der Waals surface area contributed by atoms with Crippen LogP contribution in [0.2, 0.25) is 0 Å². The fraction of sp³-hybridized carbons (Fsp3) is 0.600. The van der Waals surface area contributed by atoms with Crippen molar-refractivity contribution in [1.82, 2.24) is 4.98 Å². The molecule has 0 aliphatic heterocycles. The fourth-order valence-corrected chi connectivity index (χ4v) is 3.92. The lowest BCUT2D eigenvalue weighted by atomic mass is 9.59. The summed E-state index contributed by atoms with van der Waals surface area (Å²) >= 11 is 1.56. The summed E-state index contributed by atoms with van der Waals surface area (Å²) in [5, 5.41) is 11.2. The van der Waals surface area contributed by atoms with Gasteiger partial charge in [0, 0.05) is 10.8 Å². The van der Waals surface area contributed by atoms with E-state index in [9.17, 15) is 4.79 Å². The smallest absolute Gasteiger partial charge is 0.307 e. The molecule has 0 unspecified atom stereocenters. The van der Waals surface area contributed by atoms with Crippen LogP contribution in [0.15, 0.2) is 10.9 Å². The molecule has 1 N–H and O–H groups in total. The standard InChI is InChI=1S/C10H11NO2S/c12-9(13)8-6-1-2-10(8,3-6)7-4-14-5-11-7/h4-6,8H,1-3H2,(H,12,13)/t6-,8+,10+/m1/s1. The van der Waals surface area contributed by atoms with Gasteiger partial charge in [0.05, 0.1) is 17.1 Å². The van der Waals surface area contributed by atoms with E-state index in [1.807, 2.05) is 5.38 Å². The molecule has 3 nitrogen and oxygen atoms in total. The van der Waals surface area contributed by atoms with Gasteiger partial charge in [-0.05, 0) is 25.2 Å². The van der Waals surface area contributed by atoms with Gasteiger partial charge < -0.3 is 5.11 Å². The number of fused-ring (bicyclic) bond motifs is 1. The number of hydrogen-bond donors (Lipinski definition) is 1. The van der Waals surface area contributed by atoms with Gasteiger partial charge in [0.25, 0.3) is 0 Å². The van der Waals surface area contributed by atoms with Crippen LogP contribution in [-0.4, -0.2) is 16.1 Å². The molecule has 4 heteroatoms. The summed E-state index contributed by atoms with van der Waals surface area (Å²) in [6.45, 7) is 0. The molecule has 0 aromatic carbocycles. The summed E-state index contributed by atoms with van der Waals surface area (Å²) in [7, 11) is 0. The molecule has 3 saturated carbocycles. The maximum atomic E-state index is 11.1. The van der Waals surface area contributed by atoms with Crippen LogP contribution in [-0.2, 0) is 10.2 Å². The summed E-state index contributed by atoms with van der Waals surface area (Å²) in [6, 6.07) is 0.